The van der Waals surface area contributed by atoms with Gasteiger partial charge in [-0.15, -0.1) is 0 Å². The number of halogens is 14. The van der Waals surface area contributed by atoms with Crippen LogP contribution in [-0.4, -0.2) is 57.1 Å². The molecule has 3 aliphatic heterocycles. The summed E-state index contributed by atoms with van der Waals surface area (Å²) in [6, 6.07) is 11.5. The summed E-state index contributed by atoms with van der Waals surface area (Å²) in [4.78, 5) is 52.8. The molecule has 0 bridgehead atoms. The third-order valence-electron chi connectivity index (χ3n) is 10.2. The SMILES string of the molecule is Cc1cc(C(=O)/C=C(\c2cc(Cl)c(F)c(Cl)c2)C(F)(F)F)ccc1C(=O)NC1CC(Br)=NO1.Cc1cc(C2=NO[C@@](c3cc(Cl)c(F)c(Cl)c3)(C(F)(F)F)C2)ccc1C(=O)CC1CC(Br)=NO1. The molecule has 0 spiro atoms. The van der Waals surface area contributed by atoms with Crippen LogP contribution >= 0.6 is 78.3 Å². The zero-order valence-corrected chi connectivity index (χ0v) is 40.1. The normalized spacial score (nSPS) is 19.3. The molecule has 1 amide bonds. The van der Waals surface area contributed by atoms with Gasteiger partial charge in [-0.2, -0.15) is 26.3 Å². The van der Waals surface area contributed by atoms with Crippen LogP contribution in [0, 0.1) is 25.5 Å². The summed E-state index contributed by atoms with van der Waals surface area (Å²) in [5.74, 6) is -3.76. The monoisotopic (exact) mass is 1150 g/mol. The Hall–Kier alpha value is -4.60. The number of allylic oxidation sites excluding steroid dienone is 2. The van der Waals surface area contributed by atoms with Gasteiger partial charge < -0.3 is 19.8 Å². The van der Waals surface area contributed by atoms with Crippen LogP contribution in [0.3, 0.4) is 0 Å². The Morgan fingerprint density at radius 3 is 1.85 bits per heavy atom. The van der Waals surface area contributed by atoms with E-state index in [0.29, 0.717) is 50.4 Å². The highest BCUT2D eigenvalue weighted by Gasteiger charge is 2.62. The van der Waals surface area contributed by atoms with Crippen molar-refractivity contribution in [3.63, 3.8) is 0 Å². The fourth-order valence-electron chi connectivity index (χ4n) is 6.80. The molecule has 0 saturated heterocycles. The first-order valence-electron chi connectivity index (χ1n) is 19.0. The number of Topliss-reactive ketones (excluding diaryl/α,β-unsaturated/α-hetero) is 1. The van der Waals surface area contributed by atoms with Crippen molar-refractivity contribution < 1.29 is 64.0 Å². The highest BCUT2D eigenvalue weighted by molar-refractivity contribution is 9.18. The van der Waals surface area contributed by atoms with Crippen LogP contribution in [0.2, 0.25) is 20.1 Å². The lowest BCUT2D eigenvalue weighted by Gasteiger charge is -2.29. The number of aryl methyl sites for hydroxylation is 2. The van der Waals surface area contributed by atoms with E-state index in [-0.39, 0.29) is 35.1 Å². The smallest absolute Gasteiger partial charge is 0.391 e. The van der Waals surface area contributed by atoms with Crippen molar-refractivity contribution >= 4 is 116 Å². The molecule has 2 unspecified atom stereocenters. The molecular formula is C43H28Br2Cl4F8N4O6. The van der Waals surface area contributed by atoms with Crippen LogP contribution in [0.25, 0.3) is 5.57 Å². The van der Waals surface area contributed by atoms with Gasteiger partial charge in [0.05, 0.1) is 44.2 Å². The van der Waals surface area contributed by atoms with Crippen molar-refractivity contribution in [3.05, 3.63) is 143 Å². The molecular weight excluding hydrogens is 1120 g/mol. The Bertz CT molecular complexity index is 2760. The van der Waals surface area contributed by atoms with Crippen LogP contribution < -0.4 is 5.32 Å². The fourth-order valence-corrected chi connectivity index (χ4v) is 8.60. The van der Waals surface area contributed by atoms with Gasteiger partial charge in [0.15, 0.2) is 23.2 Å². The molecule has 0 aliphatic carbocycles. The molecule has 3 heterocycles. The summed E-state index contributed by atoms with van der Waals surface area (Å²) >= 11 is 29.0. The summed E-state index contributed by atoms with van der Waals surface area (Å²) in [5, 5.41) is 11.3. The number of benzene rings is 4. The van der Waals surface area contributed by atoms with Crippen LogP contribution in [0.4, 0.5) is 35.1 Å². The number of nitrogens with one attached hydrogen (secondary N) is 1. The first-order chi connectivity index (χ1) is 31.3. The first-order valence-corrected chi connectivity index (χ1v) is 22.1. The Balaban J connectivity index is 0.000000221. The molecule has 0 saturated carbocycles. The van der Waals surface area contributed by atoms with E-state index < -0.39 is 90.7 Å². The van der Waals surface area contributed by atoms with E-state index in [1.54, 1.807) is 13.0 Å². The summed E-state index contributed by atoms with van der Waals surface area (Å²) in [5.41, 5.74) is -3.48. The number of carbonyl (C=O) groups excluding carboxylic acids is 3. The van der Waals surface area contributed by atoms with Gasteiger partial charge in [-0.05, 0) is 117 Å². The molecule has 4 aromatic rings. The lowest BCUT2D eigenvalue weighted by atomic mass is 9.86. The van der Waals surface area contributed by atoms with Gasteiger partial charge in [0.1, 0.15) is 15.3 Å². The minimum absolute atomic E-state index is 0.00690. The molecule has 1 N–H and O–H groups in total. The Kier molecular flexibility index (Phi) is 15.9. The third kappa shape index (κ3) is 11.8. The maximum Gasteiger partial charge on any atom is 0.435 e. The molecule has 24 heteroatoms. The molecule has 7 rings (SSSR count). The lowest BCUT2D eigenvalue weighted by molar-refractivity contribution is -0.275. The topological polar surface area (TPSA) is 128 Å². The summed E-state index contributed by atoms with van der Waals surface area (Å²) in [7, 11) is 0. The second-order valence-electron chi connectivity index (χ2n) is 14.9. The van der Waals surface area contributed by atoms with Crippen LogP contribution in [0.5, 0.6) is 0 Å². The van der Waals surface area contributed by atoms with Crippen LogP contribution in [0.1, 0.15) is 84.6 Å². The second kappa shape index (κ2) is 20.6. The van der Waals surface area contributed by atoms with Crippen molar-refractivity contribution in [1.29, 1.82) is 0 Å². The molecule has 3 atom stereocenters. The van der Waals surface area contributed by atoms with E-state index in [1.165, 1.54) is 37.3 Å². The highest BCUT2D eigenvalue weighted by atomic mass is 79.9. The molecule has 0 aromatic heterocycles. The maximum absolute atomic E-state index is 14.2. The fraction of sp³-hybridized carbons (Fsp3) is 0.256. The van der Waals surface area contributed by atoms with E-state index >= 15 is 0 Å². The third-order valence-corrected chi connectivity index (χ3v) is 12.2. The average Bonchev–Trinajstić information content (AvgIpc) is 4.00. The number of hydrogen-bond acceptors (Lipinski definition) is 9. The molecule has 67 heavy (non-hydrogen) atoms. The average molecular weight is 1150 g/mol. The number of nitrogens with zero attached hydrogens (tertiary/aromatic N) is 3. The predicted octanol–water partition coefficient (Wildman–Crippen LogP) is 13.5. The standard InChI is InChI=1S/C22H15BrCl2F4N2O3.C21H13BrCl2F4N2O3/c1-10-4-11(2-3-14(10)18(32)7-13-8-19(23)31-33-13)17-9-21(34-30-17,22(27,28)29)12-5-15(24)20(26)16(25)6-12;1-9-4-10(2-3-12(9)20(32)29-18-8-17(22)30-33-18)16(31)7-13(21(26,27)28)11-5-14(23)19(25)15(24)6-11/h2-6,13H,7-9H2,1H3;2-7,18H,8H2,1H3,(H,29,32)/b;13-7+/t13?,21-;/m0./s1. The number of amides is 1. The Morgan fingerprint density at radius 1 is 0.761 bits per heavy atom. The molecule has 10 nitrogen and oxygen atoms in total. The van der Waals surface area contributed by atoms with E-state index in [4.69, 9.17) is 60.9 Å². The Morgan fingerprint density at radius 2 is 1.33 bits per heavy atom. The molecule has 3 aliphatic rings. The van der Waals surface area contributed by atoms with Crippen molar-refractivity contribution in [2.45, 2.75) is 69.8 Å². The largest absolute Gasteiger partial charge is 0.435 e. The van der Waals surface area contributed by atoms with E-state index in [0.717, 1.165) is 24.3 Å². The molecule has 0 fully saturated rings. The number of oxime groups is 3. The number of alkyl halides is 6. The van der Waals surface area contributed by atoms with Gasteiger partial charge in [0, 0.05) is 35.1 Å². The van der Waals surface area contributed by atoms with E-state index in [2.05, 4.69) is 52.6 Å². The zero-order valence-electron chi connectivity index (χ0n) is 33.9. The van der Waals surface area contributed by atoms with Crippen molar-refractivity contribution in [1.82, 2.24) is 5.32 Å². The quantitative estimate of drug-likeness (QED) is 0.0729. The van der Waals surface area contributed by atoms with E-state index in [9.17, 15) is 49.5 Å². The number of carbonyl (C=O) groups is 3. The molecule has 4 aromatic carbocycles. The maximum atomic E-state index is 14.2. The van der Waals surface area contributed by atoms with Gasteiger partial charge in [-0.3, -0.25) is 14.4 Å². The van der Waals surface area contributed by atoms with E-state index in [1.807, 2.05) is 0 Å². The minimum Gasteiger partial charge on any atom is -0.391 e. The molecule has 354 valence electrons. The van der Waals surface area contributed by atoms with Gasteiger partial charge in [0.25, 0.3) is 11.5 Å². The van der Waals surface area contributed by atoms with Gasteiger partial charge in [-0.25, -0.2) is 8.78 Å². The van der Waals surface area contributed by atoms with Crippen molar-refractivity contribution in [3.8, 4) is 0 Å². The summed E-state index contributed by atoms with van der Waals surface area (Å²) < 4.78 is 112. The van der Waals surface area contributed by atoms with Gasteiger partial charge in [0.2, 0.25) is 6.23 Å². The first kappa shape index (κ1) is 51.8. The molecule has 0 radical (unpaired) electrons. The number of hydrogen-bond donors (Lipinski definition) is 1. The van der Waals surface area contributed by atoms with Gasteiger partial charge >= 0.3 is 12.4 Å². The highest BCUT2D eigenvalue weighted by Crippen LogP contribution is 2.50. The van der Waals surface area contributed by atoms with Gasteiger partial charge in [-0.1, -0.05) is 80.1 Å². The number of rotatable bonds is 10. The second-order valence-corrected chi connectivity index (χ2v) is 18.3. The summed E-state index contributed by atoms with van der Waals surface area (Å²) in [6.45, 7) is 3.20. The number of ketones is 2. The minimum atomic E-state index is -4.95. The Labute approximate surface area is 411 Å². The van der Waals surface area contributed by atoms with Crippen LogP contribution in [0.15, 0.2) is 82.2 Å². The van der Waals surface area contributed by atoms with Crippen molar-refractivity contribution in [2.75, 3.05) is 0 Å². The van der Waals surface area contributed by atoms with Crippen LogP contribution in [-0.2, 0) is 20.1 Å². The zero-order chi connectivity index (χ0) is 49.3. The summed E-state index contributed by atoms with van der Waals surface area (Å²) in [6.07, 6.45) is -10.3. The predicted molar refractivity (Wildman–Crippen MR) is 242 cm³/mol. The lowest BCUT2D eigenvalue weighted by Crippen LogP contribution is -2.42. The van der Waals surface area contributed by atoms with Crippen molar-refractivity contribution in [2.24, 2.45) is 15.5 Å².